The molecule has 0 aliphatic rings. The average Bonchev–Trinajstić information content (AvgIpc) is 2.18. The first-order chi connectivity index (χ1) is 7.97. The van der Waals surface area contributed by atoms with Crippen molar-refractivity contribution < 1.29 is 4.79 Å². The molecule has 0 aliphatic heterocycles. The van der Waals surface area contributed by atoms with Gasteiger partial charge in [-0.3, -0.25) is 4.79 Å². The molecule has 3 heteroatoms. The minimum absolute atomic E-state index is 0.0309. The van der Waals surface area contributed by atoms with Gasteiger partial charge in [0.2, 0.25) is 5.91 Å². The highest BCUT2D eigenvalue weighted by molar-refractivity contribution is 5.91. The second-order valence-electron chi connectivity index (χ2n) is 5.02. The fraction of sp³-hybridized carbons (Fsp3) is 0.500. The van der Waals surface area contributed by atoms with Crippen molar-refractivity contribution in [1.29, 1.82) is 0 Å². The van der Waals surface area contributed by atoms with Gasteiger partial charge in [0.05, 0.1) is 0 Å². The van der Waals surface area contributed by atoms with E-state index in [0.29, 0.717) is 12.3 Å². The van der Waals surface area contributed by atoms with E-state index in [2.05, 4.69) is 31.3 Å². The molecule has 1 amide bonds. The summed E-state index contributed by atoms with van der Waals surface area (Å²) in [4.78, 5) is 11.5. The number of amides is 1. The molecule has 1 unspecified atom stereocenters. The summed E-state index contributed by atoms with van der Waals surface area (Å²) in [5.41, 5.74) is 7.70. The predicted octanol–water partition coefficient (Wildman–Crippen LogP) is 2.56. The number of nitrogens with one attached hydrogen (secondary N) is 1. The number of carbonyl (C=O) groups is 1. The molecule has 0 radical (unpaired) electrons. The van der Waals surface area contributed by atoms with Crippen molar-refractivity contribution in [2.24, 2.45) is 11.7 Å². The van der Waals surface area contributed by atoms with Gasteiger partial charge in [-0.15, -0.1) is 0 Å². The van der Waals surface area contributed by atoms with Crippen LogP contribution in [-0.2, 0) is 11.2 Å². The first-order valence-corrected chi connectivity index (χ1v) is 6.11. The topological polar surface area (TPSA) is 55.1 Å². The molecule has 0 aliphatic carbocycles. The molecule has 0 saturated heterocycles. The summed E-state index contributed by atoms with van der Waals surface area (Å²) in [6.45, 7) is 6.21. The fourth-order valence-corrected chi connectivity index (χ4v) is 1.70. The Kier molecular flexibility index (Phi) is 5.16. The van der Waals surface area contributed by atoms with Crippen LogP contribution in [0.2, 0.25) is 0 Å². The van der Waals surface area contributed by atoms with Gasteiger partial charge in [0.15, 0.2) is 0 Å². The zero-order chi connectivity index (χ0) is 12.8. The van der Waals surface area contributed by atoms with Gasteiger partial charge in [-0.2, -0.15) is 0 Å². The lowest BCUT2D eigenvalue weighted by atomic mass is 10.0. The molecule has 0 spiro atoms. The Morgan fingerprint density at radius 3 is 2.29 bits per heavy atom. The molecule has 1 aromatic carbocycles. The van der Waals surface area contributed by atoms with Crippen LogP contribution in [-0.4, -0.2) is 11.9 Å². The molecule has 3 nitrogen and oxygen atoms in total. The van der Waals surface area contributed by atoms with Gasteiger partial charge in [-0.25, -0.2) is 0 Å². The van der Waals surface area contributed by atoms with E-state index < -0.39 is 0 Å². The molecule has 17 heavy (non-hydrogen) atoms. The Balaban J connectivity index is 2.53. The van der Waals surface area contributed by atoms with Gasteiger partial charge in [-0.05, 0) is 37.0 Å². The van der Waals surface area contributed by atoms with Crippen LogP contribution in [0, 0.1) is 5.92 Å². The summed E-state index contributed by atoms with van der Waals surface area (Å²) >= 11 is 0. The number of hydrogen-bond donors (Lipinski definition) is 2. The van der Waals surface area contributed by atoms with Crippen molar-refractivity contribution in [1.82, 2.24) is 0 Å². The van der Waals surface area contributed by atoms with Crippen LogP contribution in [0.15, 0.2) is 24.3 Å². The third-order valence-corrected chi connectivity index (χ3v) is 2.39. The molecular formula is C14H22N2O. The van der Waals surface area contributed by atoms with E-state index in [1.807, 2.05) is 19.1 Å². The van der Waals surface area contributed by atoms with E-state index >= 15 is 0 Å². The van der Waals surface area contributed by atoms with Crippen LogP contribution in [0.5, 0.6) is 0 Å². The van der Waals surface area contributed by atoms with Crippen LogP contribution in [0.25, 0.3) is 0 Å². The third kappa shape index (κ3) is 5.50. The van der Waals surface area contributed by atoms with Crippen molar-refractivity contribution in [2.45, 2.75) is 39.7 Å². The van der Waals surface area contributed by atoms with Gasteiger partial charge >= 0.3 is 0 Å². The highest BCUT2D eigenvalue weighted by atomic mass is 16.1. The molecule has 94 valence electrons. The maximum Gasteiger partial charge on any atom is 0.225 e. The summed E-state index contributed by atoms with van der Waals surface area (Å²) in [6, 6.07) is 7.89. The van der Waals surface area contributed by atoms with Gasteiger partial charge in [0.1, 0.15) is 0 Å². The summed E-state index contributed by atoms with van der Waals surface area (Å²) in [6.07, 6.45) is 1.42. The number of carbonyl (C=O) groups excluding carboxylic acids is 1. The molecular weight excluding hydrogens is 212 g/mol. The number of hydrogen-bond acceptors (Lipinski definition) is 2. The number of nitrogens with two attached hydrogens (primary N) is 1. The number of rotatable bonds is 5. The monoisotopic (exact) mass is 234 g/mol. The van der Waals surface area contributed by atoms with Gasteiger partial charge in [-0.1, -0.05) is 26.0 Å². The molecule has 3 N–H and O–H groups in total. The standard InChI is InChI=1S/C14H22N2O/c1-10(2)8-12-4-6-13(7-5-12)16-14(17)9-11(3)15/h4-7,10-11H,8-9,15H2,1-3H3,(H,16,17). The van der Waals surface area contributed by atoms with E-state index in [1.54, 1.807) is 0 Å². The maximum absolute atomic E-state index is 11.5. The summed E-state index contributed by atoms with van der Waals surface area (Å²) in [5, 5.41) is 2.83. The largest absolute Gasteiger partial charge is 0.327 e. The Labute approximate surface area is 103 Å². The van der Waals surface area contributed by atoms with Crippen LogP contribution in [0.3, 0.4) is 0 Å². The number of benzene rings is 1. The van der Waals surface area contributed by atoms with Crippen molar-refractivity contribution in [2.75, 3.05) is 5.32 Å². The van der Waals surface area contributed by atoms with Crippen molar-refractivity contribution in [3.8, 4) is 0 Å². The van der Waals surface area contributed by atoms with Crippen molar-refractivity contribution in [3.05, 3.63) is 29.8 Å². The van der Waals surface area contributed by atoms with Gasteiger partial charge in [0, 0.05) is 18.2 Å². The van der Waals surface area contributed by atoms with E-state index in [-0.39, 0.29) is 11.9 Å². The Morgan fingerprint density at radius 1 is 1.24 bits per heavy atom. The van der Waals surface area contributed by atoms with Gasteiger partial charge in [0.25, 0.3) is 0 Å². The molecule has 0 bridgehead atoms. The third-order valence-electron chi connectivity index (χ3n) is 2.39. The SMILES string of the molecule is CC(C)Cc1ccc(NC(=O)CC(C)N)cc1. The molecule has 0 fully saturated rings. The van der Waals surface area contributed by atoms with E-state index in [1.165, 1.54) is 5.56 Å². The number of anilines is 1. The first kappa shape index (κ1) is 13.7. The van der Waals surface area contributed by atoms with Gasteiger partial charge < -0.3 is 11.1 Å². The zero-order valence-electron chi connectivity index (χ0n) is 10.9. The normalized spacial score (nSPS) is 12.5. The molecule has 0 saturated carbocycles. The predicted molar refractivity (Wildman–Crippen MR) is 71.9 cm³/mol. The minimum Gasteiger partial charge on any atom is -0.327 e. The second kappa shape index (κ2) is 6.40. The molecule has 1 aromatic rings. The zero-order valence-corrected chi connectivity index (χ0v) is 10.9. The lowest BCUT2D eigenvalue weighted by Gasteiger charge is -2.09. The van der Waals surface area contributed by atoms with E-state index in [9.17, 15) is 4.79 Å². The van der Waals surface area contributed by atoms with E-state index in [0.717, 1.165) is 12.1 Å². The van der Waals surface area contributed by atoms with Crippen LogP contribution in [0.1, 0.15) is 32.8 Å². The first-order valence-electron chi connectivity index (χ1n) is 6.11. The molecule has 0 aromatic heterocycles. The minimum atomic E-state index is -0.102. The molecule has 1 atom stereocenters. The van der Waals surface area contributed by atoms with Crippen LogP contribution in [0.4, 0.5) is 5.69 Å². The molecule has 1 rings (SSSR count). The second-order valence-corrected chi connectivity index (χ2v) is 5.02. The quantitative estimate of drug-likeness (QED) is 0.822. The summed E-state index contributed by atoms with van der Waals surface area (Å²) < 4.78 is 0. The summed E-state index contributed by atoms with van der Waals surface area (Å²) in [7, 11) is 0. The Bertz CT molecular complexity index is 355. The Morgan fingerprint density at radius 2 is 1.82 bits per heavy atom. The van der Waals surface area contributed by atoms with E-state index in [4.69, 9.17) is 5.73 Å². The van der Waals surface area contributed by atoms with Crippen molar-refractivity contribution in [3.63, 3.8) is 0 Å². The van der Waals surface area contributed by atoms with Crippen LogP contribution < -0.4 is 11.1 Å². The molecule has 0 heterocycles. The lowest BCUT2D eigenvalue weighted by molar-refractivity contribution is -0.116. The maximum atomic E-state index is 11.5. The van der Waals surface area contributed by atoms with Crippen LogP contribution >= 0.6 is 0 Å². The summed E-state index contributed by atoms with van der Waals surface area (Å²) in [5.74, 6) is 0.616. The smallest absolute Gasteiger partial charge is 0.225 e. The average molecular weight is 234 g/mol. The lowest BCUT2D eigenvalue weighted by Crippen LogP contribution is -2.23. The highest BCUT2D eigenvalue weighted by Crippen LogP contribution is 2.13. The Hall–Kier alpha value is -1.35. The highest BCUT2D eigenvalue weighted by Gasteiger charge is 2.05. The van der Waals surface area contributed by atoms with Crippen molar-refractivity contribution >= 4 is 11.6 Å². The fourth-order valence-electron chi connectivity index (χ4n) is 1.70.